The molecule has 1 heterocycles. The van der Waals surface area contributed by atoms with Gasteiger partial charge in [0, 0.05) is 19.6 Å². The van der Waals surface area contributed by atoms with Gasteiger partial charge in [-0.1, -0.05) is 0 Å². The predicted molar refractivity (Wildman–Crippen MR) is 56.6 cm³/mol. The Labute approximate surface area is 94.3 Å². The van der Waals surface area contributed by atoms with Crippen LogP contribution in [0, 0.1) is 5.41 Å². The van der Waals surface area contributed by atoms with Crippen LogP contribution < -0.4 is 10.6 Å². The zero-order valence-electron chi connectivity index (χ0n) is 9.79. The Bertz CT molecular complexity index is 297. The molecule has 1 saturated heterocycles. The highest BCUT2D eigenvalue weighted by Gasteiger charge is 2.43. The van der Waals surface area contributed by atoms with E-state index in [2.05, 4.69) is 15.4 Å². The summed E-state index contributed by atoms with van der Waals surface area (Å²) in [7, 11) is 1.30. The Kier molecular flexibility index (Phi) is 3.54. The Morgan fingerprint density at radius 3 is 2.44 bits per heavy atom. The lowest BCUT2D eigenvalue weighted by atomic mass is 9.92. The molecule has 0 unspecified atom stereocenters. The van der Waals surface area contributed by atoms with E-state index in [1.54, 1.807) is 13.8 Å². The van der Waals surface area contributed by atoms with Gasteiger partial charge in [0.05, 0.1) is 12.5 Å². The van der Waals surface area contributed by atoms with E-state index in [0.717, 1.165) is 0 Å². The second kappa shape index (κ2) is 4.39. The number of hydrogen-bond donors (Lipinski definition) is 3. The van der Waals surface area contributed by atoms with Crippen LogP contribution in [-0.4, -0.2) is 49.3 Å². The zero-order chi connectivity index (χ0) is 12.4. The molecule has 92 valence electrons. The maximum Gasteiger partial charge on any atom is 0.313 e. The Hall–Kier alpha value is -1.14. The van der Waals surface area contributed by atoms with Crippen LogP contribution in [0.15, 0.2) is 0 Å². The molecule has 0 atom stereocenters. The third-order valence-electron chi connectivity index (χ3n) is 2.69. The smallest absolute Gasteiger partial charge is 0.313 e. The molecule has 1 rings (SSSR count). The van der Waals surface area contributed by atoms with Crippen LogP contribution in [0.2, 0.25) is 0 Å². The van der Waals surface area contributed by atoms with Gasteiger partial charge in [-0.25, -0.2) is 0 Å². The maximum atomic E-state index is 11.6. The van der Waals surface area contributed by atoms with Crippen molar-refractivity contribution < 1.29 is 19.4 Å². The molecule has 0 aromatic heterocycles. The van der Waals surface area contributed by atoms with E-state index in [1.807, 2.05) is 0 Å². The Balaban J connectivity index is 2.45. The van der Waals surface area contributed by atoms with E-state index in [0.29, 0.717) is 0 Å². The van der Waals surface area contributed by atoms with Gasteiger partial charge < -0.3 is 20.5 Å². The highest BCUT2D eigenvalue weighted by Crippen LogP contribution is 2.17. The van der Waals surface area contributed by atoms with Gasteiger partial charge in [0.2, 0.25) is 0 Å². The molecule has 0 aliphatic carbocycles. The van der Waals surface area contributed by atoms with Gasteiger partial charge >= 0.3 is 5.97 Å². The summed E-state index contributed by atoms with van der Waals surface area (Å²) in [6.07, 6.45) is 0. The monoisotopic (exact) mass is 230 g/mol. The molecule has 1 aliphatic heterocycles. The molecule has 0 radical (unpaired) electrons. The molecule has 16 heavy (non-hydrogen) atoms. The fraction of sp³-hybridized carbons (Fsp3) is 0.800. The lowest BCUT2D eigenvalue weighted by Gasteiger charge is -2.36. The summed E-state index contributed by atoms with van der Waals surface area (Å²) in [5.41, 5.74) is -2.12. The van der Waals surface area contributed by atoms with Crippen LogP contribution in [0.1, 0.15) is 13.8 Å². The number of aliphatic hydroxyl groups is 1. The number of amides is 1. The third-order valence-corrected chi connectivity index (χ3v) is 2.69. The quantitative estimate of drug-likeness (QED) is 0.519. The van der Waals surface area contributed by atoms with Gasteiger partial charge in [-0.05, 0) is 13.8 Å². The lowest BCUT2D eigenvalue weighted by molar-refractivity contribution is -0.152. The maximum absolute atomic E-state index is 11.6. The lowest BCUT2D eigenvalue weighted by Crippen LogP contribution is -2.67. The van der Waals surface area contributed by atoms with E-state index in [4.69, 9.17) is 0 Å². The normalized spacial score (nSPS) is 18.5. The SMILES string of the molecule is COC(=O)C(C)(C)CNC(=O)C1(O)CNC1. The van der Waals surface area contributed by atoms with Crippen molar-refractivity contribution in [1.29, 1.82) is 0 Å². The molecule has 1 aliphatic rings. The average Bonchev–Trinajstić information content (AvgIpc) is 2.21. The average molecular weight is 230 g/mol. The van der Waals surface area contributed by atoms with Gasteiger partial charge in [-0.3, -0.25) is 9.59 Å². The van der Waals surface area contributed by atoms with Crippen molar-refractivity contribution in [3.05, 3.63) is 0 Å². The number of β-amino-alcohol motifs (C(OH)–C–C–N with tert-alkyl or cyclic N) is 1. The van der Waals surface area contributed by atoms with Crippen molar-refractivity contribution in [3.8, 4) is 0 Å². The number of ether oxygens (including phenoxy) is 1. The second-order valence-electron chi connectivity index (χ2n) is 4.69. The summed E-state index contributed by atoms with van der Waals surface area (Å²) < 4.78 is 4.61. The van der Waals surface area contributed by atoms with Gasteiger partial charge in [-0.15, -0.1) is 0 Å². The predicted octanol–water partition coefficient (Wildman–Crippen LogP) is -1.36. The van der Waals surface area contributed by atoms with Crippen LogP contribution >= 0.6 is 0 Å². The minimum Gasteiger partial charge on any atom is -0.469 e. The summed E-state index contributed by atoms with van der Waals surface area (Å²) in [6, 6.07) is 0. The highest BCUT2D eigenvalue weighted by molar-refractivity contribution is 5.87. The fourth-order valence-electron chi connectivity index (χ4n) is 1.34. The molecule has 1 amide bonds. The van der Waals surface area contributed by atoms with Crippen LogP contribution in [0.4, 0.5) is 0 Å². The second-order valence-corrected chi connectivity index (χ2v) is 4.69. The molecule has 1 fully saturated rings. The number of methoxy groups -OCH3 is 1. The topological polar surface area (TPSA) is 87.7 Å². The highest BCUT2D eigenvalue weighted by atomic mass is 16.5. The minimum atomic E-state index is -1.33. The first-order chi connectivity index (χ1) is 7.32. The van der Waals surface area contributed by atoms with E-state index in [9.17, 15) is 14.7 Å². The molecule has 0 bridgehead atoms. The van der Waals surface area contributed by atoms with Crippen molar-refractivity contribution >= 4 is 11.9 Å². The number of nitrogens with one attached hydrogen (secondary N) is 2. The molecule has 0 aromatic carbocycles. The van der Waals surface area contributed by atoms with E-state index in [1.165, 1.54) is 7.11 Å². The molecule has 0 aromatic rings. The summed E-state index contributed by atoms with van der Waals surface area (Å²) in [5, 5.41) is 15.0. The summed E-state index contributed by atoms with van der Waals surface area (Å²) >= 11 is 0. The molecule has 0 spiro atoms. The Morgan fingerprint density at radius 2 is 2.06 bits per heavy atom. The van der Waals surface area contributed by atoms with Crippen molar-refractivity contribution in [2.45, 2.75) is 19.4 Å². The number of carbonyl (C=O) groups is 2. The third kappa shape index (κ3) is 2.51. The van der Waals surface area contributed by atoms with Crippen LogP contribution in [-0.2, 0) is 14.3 Å². The van der Waals surface area contributed by atoms with Gasteiger partial charge in [0.1, 0.15) is 0 Å². The fourth-order valence-corrected chi connectivity index (χ4v) is 1.34. The first-order valence-electron chi connectivity index (χ1n) is 5.12. The largest absolute Gasteiger partial charge is 0.469 e. The molecule has 6 nitrogen and oxygen atoms in total. The molecule has 3 N–H and O–H groups in total. The standard InChI is InChI=1S/C10H18N2O4/c1-9(2,8(14)16-3)4-12-7(13)10(15)5-11-6-10/h11,15H,4-6H2,1-3H3,(H,12,13). The number of carbonyl (C=O) groups excluding carboxylic acids is 2. The minimum absolute atomic E-state index is 0.140. The van der Waals surface area contributed by atoms with E-state index in [-0.39, 0.29) is 19.6 Å². The van der Waals surface area contributed by atoms with E-state index < -0.39 is 22.9 Å². The van der Waals surface area contributed by atoms with Gasteiger partial charge in [0.25, 0.3) is 5.91 Å². The van der Waals surface area contributed by atoms with Crippen LogP contribution in [0.3, 0.4) is 0 Å². The summed E-state index contributed by atoms with van der Waals surface area (Å²) in [6.45, 7) is 3.97. The van der Waals surface area contributed by atoms with Gasteiger partial charge in [-0.2, -0.15) is 0 Å². The van der Waals surface area contributed by atoms with Crippen molar-refractivity contribution in [3.63, 3.8) is 0 Å². The summed E-state index contributed by atoms with van der Waals surface area (Å²) in [5.74, 6) is -0.852. The van der Waals surface area contributed by atoms with Crippen molar-refractivity contribution in [2.75, 3.05) is 26.7 Å². The number of rotatable bonds is 4. The van der Waals surface area contributed by atoms with Crippen LogP contribution in [0.25, 0.3) is 0 Å². The zero-order valence-corrected chi connectivity index (χ0v) is 9.79. The number of esters is 1. The number of hydrogen-bond acceptors (Lipinski definition) is 5. The first kappa shape index (κ1) is 12.9. The molecular formula is C10H18N2O4. The van der Waals surface area contributed by atoms with E-state index >= 15 is 0 Å². The first-order valence-corrected chi connectivity index (χ1v) is 5.12. The van der Waals surface area contributed by atoms with Crippen LogP contribution in [0.5, 0.6) is 0 Å². The van der Waals surface area contributed by atoms with Crippen molar-refractivity contribution in [1.82, 2.24) is 10.6 Å². The van der Waals surface area contributed by atoms with Crippen molar-refractivity contribution in [2.24, 2.45) is 5.41 Å². The molecular weight excluding hydrogens is 212 g/mol. The van der Waals surface area contributed by atoms with Gasteiger partial charge in [0.15, 0.2) is 5.60 Å². The Morgan fingerprint density at radius 1 is 1.50 bits per heavy atom. The molecule has 6 heteroatoms. The summed E-state index contributed by atoms with van der Waals surface area (Å²) in [4.78, 5) is 22.9. The molecule has 0 saturated carbocycles.